The lowest BCUT2D eigenvalue weighted by atomic mass is 10.0. The van der Waals surface area contributed by atoms with E-state index in [9.17, 15) is 9.59 Å². The lowest BCUT2D eigenvalue weighted by Crippen LogP contribution is -2.31. The Labute approximate surface area is 154 Å². The van der Waals surface area contributed by atoms with Gasteiger partial charge in [0.15, 0.2) is 0 Å². The number of nitrogens with one attached hydrogen (secondary N) is 2. The van der Waals surface area contributed by atoms with Crippen LogP contribution in [-0.2, 0) is 14.3 Å². The Bertz CT molecular complexity index is 712. The summed E-state index contributed by atoms with van der Waals surface area (Å²) in [5.41, 5.74) is 2.94. The van der Waals surface area contributed by atoms with Crippen LogP contribution in [0.15, 0.2) is 54.6 Å². The largest absolute Gasteiger partial charge is 0.362 e. The molecule has 0 saturated carbocycles. The van der Waals surface area contributed by atoms with E-state index in [1.165, 1.54) is 5.56 Å². The van der Waals surface area contributed by atoms with Gasteiger partial charge in [0, 0.05) is 5.69 Å². The predicted molar refractivity (Wildman–Crippen MR) is 103 cm³/mol. The summed E-state index contributed by atoms with van der Waals surface area (Å²) in [4.78, 5) is 23.8. The molecule has 5 nitrogen and oxygen atoms in total. The molecular weight excluding hydrogens is 328 g/mol. The van der Waals surface area contributed by atoms with Crippen LogP contribution in [0.5, 0.6) is 0 Å². The van der Waals surface area contributed by atoms with Gasteiger partial charge < -0.3 is 15.4 Å². The fraction of sp³-hybridized carbons (Fsp3) is 0.333. The molecule has 5 heteroatoms. The second-order valence-electron chi connectivity index (χ2n) is 6.52. The van der Waals surface area contributed by atoms with Gasteiger partial charge in [-0.2, -0.15) is 0 Å². The van der Waals surface area contributed by atoms with Gasteiger partial charge in [-0.1, -0.05) is 56.3 Å². The van der Waals surface area contributed by atoms with Gasteiger partial charge in [-0.05, 0) is 36.1 Å². The molecule has 0 unspecified atom stereocenters. The van der Waals surface area contributed by atoms with E-state index in [1.807, 2.05) is 61.5 Å². The number of hydrogen-bond donors (Lipinski definition) is 2. The SMILES string of the molecule is CC(C)c1ccc(NC(=O)COCC(=O)N[C@@H](C)c2ccccc2)cc1. The molecule has 26 heavy (non-hydrogen) atoms. The minimum absolute atomic E-state index is 0.111. The number of anilines is 1. The first-order valence-corrected chi connectivity index (χ1v) is 8.77. The van der Waals surface area contributed by atoms with Crippen molar-refractivity contribution in [3.8, 4) is 0 Å². The van der Waals surface area contributed by atoms with Crippen molar-refractivity contribution in [2.45, 2.75) is 32.7 Å². The highest BCUT2D eigenvalue weighted by Crippen LogP contribution is 2.17. The molecule has 0 spiro atoms. The van der Waals surface area contributed by atoms with Gasteiger partial charge in [-0.25, -0.2) is 0 Å². The maximum absolute atomic E-state index is 11.9. The topological polar surface area (TPSA) is 67.4 Å². The highest BCUT2D eigenvalue weighted by Gasteiger charge is 2.10. The molecule has 2 rings (SSSR count). The summed E-state index contributed by atoms with van der Waals surface area (Å²) >= 11 is 0. The maximum Gasteiger partial charge on any atom is 0.250 e. The van der Waals surface area contributed by atoms with Crippen LogP contribution in [0.4, 0.5) is 5.69 Å². The molecule has 0 fully saturated rings. The Balaban J connectivity index is 1.70. The van der Waals surface area contributed by atoms with Crippen molar-refractivity contribution in [2.24, 2.45) is 0 Å². The minimum atomic E-state index is -0.286. The van der Waals surface area contributed by atoms with Crippen LogP contribution in [0.25, 0.3) is 0 Å². The molecule has 2 amide bonds. The number of carbonyl (C=O) groups excluding carboxylic acids is 2. The van der Waals surface area contributed by atoms with Gasteiger partial charge >= 0.3 is 0 Å². The Morgan fingerprint density at radius 2 is 1.46 bits per heavy atom. The van der Waals surface area contributed by atoms with E-state index in [0.29, 0.717) is 11.6 Å². The van der Waals surface area contributed by atoms with Crippen LogP contribution < -0.4 is 10.6 Å². The molecule has 0 aliphatic heterocycles. The molecule has 2 aromatic rings. The van der Waals surface area contributed by atoms with Crippen molar-refractivity contribution in [1.82, 2.24) is 5.32 Å². The van der Waals surface area contributed by atoms with Crippen LogP contribution in [0.2, 0.25) is 0 Å². The lowest BCUT2D eigenvalue weighted by molar-refractivity contribution is -0.129. The molecule has 138 valence electrons. The van der Waals surface area contributed by atoms with Gasteiger partial charge in [0.1, 0.15) is 13.2 Å². The van der Waals surface area contributed by atoms with Gasteiger partial charge in [0.2, 0.25) is 11.8 Å². The fourth-order valence-corrected chi connectivity index (χ4v) is 2.49. The Hall–Kier alpha value is -2.66. The molecule has 0 saturated heterocycles. The normalized spacial score (nSPS) is 11.8. The smallest absolute Gasteiger partial charge is 0.250 e. The standard InChI is InChI=1S/C21H26N2O3/c1-15(2)17-9-11-19(12-10-17)23-21(25)14-26-13-20(24)22-16(3)18-7-5-4-6-8-18/h4-12,15-16H,13-14H2,1-3H3,(H,22,24)(H,23,25)/t16-/m0/s1. The summed E-state index contributed by atoms with van der Waals surface area (Å²) in [6.07, 6.45) is 0. The second kappa shape index (κ2) is 9.73. The first-order valence-electron chi connectivity index (χ1n) is 8.77. The van der Waals surface area contributed by atoms with Crippen molar-refractivity contribution in [1.29, 1.82) is 0 Å². The minimum Gasteiger partial charge on any atom is -0.362 e. The summed E-state index contributed by atoms with van der Waals surface area (Å²) in [5.74, 6) is -0.0958. The first kappa shape index (κ1) is 19.7. The van der Waals surface area contributed by atoms with Crippen molar-refractivity contribution in [3.05, 3.63) is 65.7 Å². The Kier molecular flexibility index (Phi) is 7.36. The van der Waals surface area contributed by atoms with Gasteiger partial charge in [-0.15, -0.1) is 0 Å². The second-order valence-corrected chi connectivity index (χ2v) is 6.52. The zero-order valence-corrected chi connectivity index (χ0v) is 15.5. The molecule has 0 radical (unpaired) electrons. The third-order valence-electron chi connectivity index (χ3n) is 4.00. The van der Waals surface area contributed by atoms with E-state index in [4.69, 9.17) is 4.74 Å². The summed E-state index contributed by atoms with van der Waals surface area (Å²) in [6.45, 7) is 5.81. The van der Waals surface area contributed by atoms with E-state index in [2.05, 4.69) is 24.5 Å². The molecule has 2 aromatic carbocycles. The van der Waals surface area contributed by atoms with E-state index >= 15 is 0 Å². The highest BCUT2D eigenvalue weighted by atomic mass is 16.5. The van der Waals surface area contributed by atoms with Gasteiger partial charge in [0.25, 0.3) is 0 Å². The van der Waals surface area contributed by atoms with E-state index in [1.54, 1.807) is 0 Å². The molecule has 1 atom stereocenters. The Morgan fingerprint density at radius 3 is 2.08 bits per heavy atom. The van der Waals surface area contributed by atoms with Gasteiger partial charge in [-0.3, -0.25) is 9.59 Å². The summed E-state index contributed by atoms with van der Waals surface area (Å²) in [5, 5.41) is 5.59. The molecule has 0 bridgehead atoms. The maximum atomic E-state index is 11.9. The molecular formula is C21H26N2O3. The number of rotatable bonds is 8. The van der Waals surface area contributed by atoms with Crippen LogP contribution in [-0.4, -0.2) is 25.0 Å². The van der Waals surface area contributed by atoms with E-state index in [0.717, 1.165) is 5.56 Å². The highest BCUT2D eigenvalue weighted by molar-refractivity contribution is 5.91. The number of amides is 2. The van der Waals surface area contributed by atoms with Crippen molar-refractivity contribution in [2.75, 3.05) is 18.5 Å². The first-order chi connectivity index (χ1) is 12.5. The fourth-order valence-electron chi connectivity index (χ4n) is 2.49. The lowest BCUT2D eigenvalue weighted by Gasteiger charge is -2.14. The third kappa shape index (κ3) is 6.33. The van der Waals surface area contributed by atoms with Crippen molar-refractivity contribution >= 4 is 17.5 Å². The molecule has 0 aliphatic rings. The van der Waals surface area contributed by atoms with Gasteiger partial charge in [0.05, 0.1) is 6.04 Å². The zero-order valence-electron chi connectivity index (χ0n) is 15.5. The monoisotopic (exact) mass is 354 g/mol. The van der Waals surface area contributed by atoms with E-state index < -0.39 is 0 Å². The number of benzene rings is 2. The third-order valence-corrected chi connectivity index (χ3v) is 4.00. The predicted octanol–water partition coefficient (Wildman–Crippen LogP) is 3.64. The van der Waals surface area contributed by atoms with Crippen molar-refractivity contribution < 1.29 is 14.3 Å². The van der Waals surface area contributed by atoms with Crippen LogP contribution >= 0.6 is 0 Å². The summed E-state index contributed by atoms with van der Waals surface area (Å²) < 4.78 is 5.20. The van der Waals surface area contributed by atoms with E-state index in [-0.39, 0.29) is 31.1 Å². The molecule has 0 heterocycles. The number of carbonyl (C=O) groups is 2. The number of ether oxygens (including phenoxy) is 1. The zero-order chi connectivity index (χ0) is 18.9. The molecule has 0 aromatic heterocycles. The average Bonchev–Trinajstić information content (AvgIpc) is 2.62. The summed E-state index contributed by atoms with van der Waals surface area (Å²) in [7, 11) is 0. The van der Waals surface area contributed by atoms with Crippen LogP contribution in [0.3, 0.4) is 0 Å². The molecule has 0 aliphatic carbocycles. The van der Waals surface area contributed by atoms with Crippen LogP contribution in [0.1, 0.15) is 43.9 Å². The van der Waals surface area contributed by atoms with Crippen LogP contribution in [0, 0.1) is 0 Å². The Morgan fingerprint density at radius 1 is 0.846 bits per heavy atom. The molecule has 2 N–H and O–H groups in total. The average molecular weight is 354 g/mol. The summed E-state index contributed by atoms with van der Waals surface area (Å²) in [6, 6.07) is 17.3. The van der Waals surface area contributed by atoms with Crippen molar-refractivity contribution in [3.63, 3.8) is 0 Å². The number of hydrogen-bond acceptors (Lipinski definition) is 3. The quantitative estimate of drug-likeness (QED) is 0.760.